The molecular weight excluding hydrogens is 572 g/mol. The van der Waals surface area contributed by atoms with Gasteiger partial charge >= 0.3 is 0 Å². The summed E-state index contributed by atoms with van der Waals surface area (Å²) in [6.07, 6.45) is 5.14. The smallest absolute Gasteiger partial charge is 0.201 e. The number of aliphatic hydroxyl groups is 1. The molecule has 0 bridgehead atoms. The molecule has 2 aromatic carbocycles. The van der Waals surface area contributed by atoms with Crippen LogP contribution in [0.4, 0.5) is 17.6 Å². The van der Waals surface area contributed by atoms with E-state index in [1.807, 2.05) is 6.08 Å². The summed E-state index contributed by atoms with van der Waals surface area (Å²) >= 11 is 0. The summed E-state index contributed by atoms with van der Waals surface area (Å²) in [7, 11) is 0. The van der Waals surface area contributed by atoms with E-state index in [2.05, 4.69) is 0 Å². The summed E-state index contributed by atoms with van der Waals surface area (Å²) in [4.78, 5) is 0. The molecule has 1 N–H and O–H groups in total. The normalized spacial score (nSPS) is 21.8. The zero-order valence-corrected chi connectivity index (χ0v) is 24.5. The van der Waals surface area contributed by atoms with Crippen molar-refractivity contribution in [1.29, 1.82) is 0 Å². The van der Waals surface area contributed by atoms with Gasteiger partial charge in [-0.25, -0.2) is 8.78 Å². The first-order valence-electron chi connectivity index (χ1n) is 14.8. The van der Waals surface area contributed by atoms with E-state index in [0.717, 1.165) is 5.57 Å². The summed E-state index contributed by atoms with van der Waals surface area (Å²) in [6.45, 7) is 6.23. The number of halogens is 4. The lowest BCUT2D eigenvalue weighted by atomic mass is 9.77. The third-order valence-electron chi connectivity index (χ3n) is 8.44. The fourth-order valence-electron chi connectivity index (χ4n) is 6.12. The molecule has 1 saturated carbocycles. The highest BCUT2D eigenvalue weighted by Crippen LogP contribution is 2.46. The monoisotopic (exact) mass is 610 g/mol. The zero-order chi connectivity index (χ0) is 30.7. The predicted octanol–water partition coefficient (Wildman–Crippen LogP) is 6.54. The molecule has 43 heavy (non-hydrogen) atoms. The molecule has 0 amide bonds. The topological polar surface area (TPSA) is 75.6 Å². The van der Waals surface area contributed by atoms with Crippen molar-refractivity contribution in [3.8, 4) is 11.5 Å². The molecule has 236 valence electrons. The molecule has 0 radical (unpaired) electrons. The van der Waals surface area contributed by atoms with Crippen molar-refractivity contribution in [2.75, 3.05) is 39.6 Å². The number of ether oxygens (including phenoxy) is 6. The van der Waals surface area contributed by atoms with Crippen LogP contribution in [0.5, 0.6) is 11.5 Å². The highest BCUT2D eigenvalue weighted by atomic mass is 19.2. The summed E-state index contributed by atoms with van der Waals surface area (Å²) in [5.74, 6) is -5.27. The second-order valence-electron chi connectivity index (χ2n) is 11.0. The highest BCUT2D eigenvalue weighted by molar-refractivity contribution is 5.67. The summed E-state index contributed by atoms with van der Waals surface area (Å²) in [5, 5.41) is 10.8. The van der Waals surface area contributed by atoms with Crippen LogP contribution in [0.15, 0.2) is 30.3 Å². The van der Waals surface area contributed by atoms with Crippen LogP contribution < -0.4 is 9.47 Å². The Morgan fingerprint density at radius 3 is 1.74 bits per heavy atom. The Hall–Kier alpha value is -2.70. The number of rotatable bonds is 6. The van der Waals surface area contributed by atoms with E-state index in [4.69, 9.17) is 28.4 Å². The molecule has 4 aliphatic rings. The van der Waals surface area contributed by atoms with Crippen molar-refractivity contribution in [3.63, 3.8) is 0 Å². The van der Waals surface area contributed by atoms with E-state index in [-0.39, 0.29) is 36.5 Å². The Kier molecular flexibility index (Phi) is 9.67. The predicted molar refractivity (Wildman–Crippen MR) is 149 cm³/mol. The molecule has 3 fully saturated rings. The van der Waals surface area contributed by atoms with Crippen molar-refractivity contribution < 1.29 is 51.1 Å². The van der Waals surface area contributed by atoms with E-state index in [9.17, 15) is 22.7 Å². The van der Waals surface area contributed by atoms with Gasteiger partial charge in [-0.05, 0) is 62.9 Å². The molecule has 0 unspecified atom stereocenters. The first-order chi connectivity index (χ1) is 20.6. The Morgan fingerprint density at radius 1 is 0.674 bits per heavy atom. The molecule has 11 heteroatoms. The summed E-state index contributed by atoms with van der Waals surface area (Å²) < 4.78 is 88.9. The van der Waals surface area contributed by atoms with E-state index < -0.39 is 40.4 Å². The fraction of sp³-hybridized carbons (Fsp3) is 0.562. The maximum Gasteiger partial charge on any atom is 0.201 e. The van der Waals surface area contributed by atoms with Gasteiger partial charge in [-0.3, -0.25) is 0 Å². The van der Waals surface area contributed by atoms with Crippen LogP contribution in [0.3, 0.4) is 0 Å². The molecule has 0 aromatic heterocycles. The molecule has 2 aliphatic carbocycles. The average Bonchev–Trinajstić information content (AvgIpc) is 3.67. The van der Waals surface area contributed by atoms with Crippen LogP contribution in [0.25, 0.3) is 5.57 Å². The van der Waals surface area contributed by atoms with Gasteiger partial charge in [-0.1, -0.05) is 6.08 Å². The highest BCUT2D eigenvalue weighted by Gasteiger charge is 2.47. The van der Waals surface area contributed by atoms with Gasteiger partial charge in [-0.15, -0.1) is 0 Å². The van der Waals surface area contributed by atoms with Crippen molar-refractivity contribution in [3.05, 3.63) is 64.7 Å². The van der Waals surface area contributed by atoms with Gasteiger partial charge in [0.2, 0.25) is 11.6 Å². The van der Waals surface area contributed by atoms with Crippen LogP contribution >= 0.6 is 0 Å². The van der Waals surface area contributed by atoms with Crippen LogP contribution in [0.2, 0.25) is 0 Å². The molecule has 0 atom stereocenters. The van der Waals surface area contributed by atoms with Gasteiger partial charge in [0.05, 0.1) is 45.2 Å². The molecule has 6 rings (SSSR count). The standard InChI is InChI=1S/C16H20F2O4.C16H18F2O3/c1-2-20-12-4-3-11(13(17)14(12)18)15(19)5-7-16(8-6-15)21-9-10-22-16;1-2-19-13-4-3-12(14(17)15(13)18)11-5-7-16(8-6-11)20-9-10-21-16/h3-4,19H,2,5-10H2,1H3;3-5H,2,6-10H2,1H3. The number of allylic oxidation sites excluding steroid dienone is 1. The second kappa shape index (κ2) is 13.1. The minimum atomic E-state index is -1.41. The van der Waals surface area contributed by atoms with Crippen LogP contribution in [0.1, 0.15) is 69.9 Å². The number of benzene rings is 2. The molecule has 2 spiro atoms. The molecule has 2 saturated heterocycles. The van der Waals surface area contributed by atoms with Crippen molar-refractivity contribution in [2.45, 2.75) is 76.0 Å². The van der Waals surface area contributed by atoms with Crippen LogP contribution in [-0.4, -0.2) is 56.3 Å². The van der Waals surface area contributed by atoms with E-state index in [0.29, 0.717) is 70.7 Å². The van der Waals surface area contributed by atoms with Gasteiger partial charge in [0.15, 0.2) is 34.7 Å². The van der Waals surface area contributed by atoms with E-state index >= 15 is 0 Å². The molecule has 7 nitrogen and oxygen atoms in total. The first-order valence-corrected chi connectivity index (χ1v) is 14.8. The quantitative estimate of drug-likeness (QED) is 0.372. The first kappa shape index (κ1) is 31.7. The Labute approximate surface area is 248 Å². The van der Waals surface area contributed by atoms with Gasteiger partial charge in [-0.2, -0.15) is 8.78 Å². The molecule has 2 heterocycles. The van der Waals surface area contributed by atoms with Crippen LogP contribution in [0, 0.1) is 23.3 Å². The second-order valence-corrected chi connectivity index (χ2v) is 11.0. The molecule has 2 aliphatic heterocycles. The van der Waals surface area contributed by atoms with E-state index in [1.54, 1.807) is 19.9 Å². The van der Waals surface area contributed by atoms with Gasteiger partial charge < -0.3 is 33.5 Å². The Bertz CT molecular complexity index is 1310. The maximum atomic E-state index is 14.3. The lowest BCUT2D eigenvalue weighted by molar-refractivity contribution is -0.204. The van der Waals surface area contributed by atoms with Crippen molar-refractivity contribution in [1.82, 2.24) is 0 Å². The van der Waals surface area contributed by atoms with Crippen molar-refractivity contribution in [2.24, 2.45) is 0 Å². The third-order valence-corrected chi connectivity index (χ3v) is 8.44. The average molecular weight is 611 g/mol. The van der Waals surface area contributed by atoms with Gasteiger partial charge in [0.1, 0.15) is 0 Å². The zero-order valence-electron chi connectivity index (χ0n) is 24.5. The van der Waals surface area contributed by atoms with Crippen molar-refractivity contribution >= 4 is 5.57 Å². The van der Waals surface area contributed by atoms with Gasteiger partial charge in [0.25, 0.3) is 0 Å². The largest absolute Gasteiger partial charge is 0.491 e. The Morgan fingerprint density at radius 2 is 1.21 bits per heavy atom. The maximum absolute atomic E-state index is 14.3. The van der Waals surface area contributed by atoms with E-state index in [1.165, 1.54) is 18.2 Å². The SMILES string of the molecule is CCOc1ccc(C2(O)CCC3(CC2)OCCO3)c(F)c1F.CCOc1ccc(C2=CCC3(CC2)OCCO3)c(F)c1F. The lowest BCUT2D eigenvalue weighted by Crippen LogP contribution is -2.42. The van der Waals surface area contributed by atoms with Crippen LogP contribution in [-0.2, 0) is 24.5 Å². The number of hydrogen-bond donors (Lipinski definition) is 1. The minimum Gasteiger partial charge on any atom is -0.491 e. The summed E-state index contributed by atoms with van der Waals surface area (Å²) in [5.41, 5.74) is -0.347. The molecular formula is C32H38F4O7. The number of hydrogen-bond acceptors (Lipinski definition) is 7. The minimum absolute atomic E-state index is 0.0266. The van der Waals surface area contributed by atoms with Gasteiger partial charge in [0, 0.05) is 36.8 Å². The summed E-state index contributed by atoms with van der Waals surface area (Å²) in [6, 6.07) is 5.81. The fourth-order valence-corrected chi connectivity index (χ4v) is 6.12. The third kappa shape index (κ3) is 6.56. The Balaban J connectivity index is 0.000000171. The lowest BCUT2D eigenvalue weighted by Gasteiger charge is -2.40. The molecule has 2 aromatic rings.